The van der Waals surface area contributed by atoms with Gasteiger partial charge in [0.25, 0.3) is 0 Å². The molecule has 0 saturated carbocycles. The van der Waals surface area contributed by atoms with Gasteiger partial charge in [0.1, 0.15) is 6.61 Å². The number of ether oxygens (including phenoxy) is 1. The maximum atomic E-state index is 12.6. The SMILES string of the molecule is COCc1nnc2n1[C@@H](C)CN(C(=O)[C@@H](N)Cc1cnc[nH]1)C2. The van der Waals surface area contributed by atoms with Gasteiger partial charge in [-0.2, -0.15) is 0 Å². The van der Waals surface area contributed by atoms with E-state index in [1.165, 1.54) is 0 Å². The smallest absolute Gasteiger partial charge is 0.240 e. The lowest BCUT2D eigenvalue weighted by atomic mass is 10.1. The number of aromatic amines is 1. The number of aromatic nitrogens is 5. The number of nitrogens with two attached hydrogens (primary N) is 1. The minimum atomic E-state index is -0.601. The van der Waals surface area contributed by atoms with E-state index in [2.05, 4.69) is 20.2 Å². The number of methoxy groups -OCH3 is 1. The second-order valence-electron chi connectivity index (χ2n) is 5.79. The number of nitrogens with zero attached hydrogens (tertiary/aromatic N) is 5. The van der Waals surface area contributed by atoms with Crippen molar-refractivity contribution in [2.45, 2.75) is 38.6 Å². The summed E-state index contributed by atoms with van der Waals surface area (Å²) in [5, 5.41) is 8.32. The van der Waals surface area contributed by atoms with Crippen molar-refractivity contribution in [2.24, 2.45) is 5.73 Å². The molecule has 2 atom stereocenters. The molecule has 3 N–H and O–H groups in total. The molecule has 2 aromatic heterocycles. The van der Waals surface area contributed by atoms with Crippen LogP contribution in [0, 0.1) is 0 Å². The van der Waals surface area contributed by atoms with E-state index >= 15 is 0 Å². The van der Waals surface area contributed by atoms with E-state index in [1.807, 2.05) is 11.5 Å². The van der Waals surface area contributed by atoms with Crippen LogP contribution in [0.4, 0.5) is 0 Å². The van der Waals surface area contributed by atoms with Gasteiger partial charge >= 0.3 is 0 Å². The summed E-state index contributed by atoms with van der Waals surface area (Å²) in [4.78, 5) is 21.2. The number of nitrogens with one attached hydrogen (secondary N) is 1. The van der Waals surface area contributed by atoms with Gasteiger partial charge in [-0.25, -0.2) is 4.98 Å². The summed E-state index contributed by atoms with van der Waals surface area (Å²) in [6.07, 6.45) is 3.69. The maximum absolute atomic E-state index is 12.6. The lowest BCUT2D eigenvalue weighted by Crippen LogP contribution is -2.49. The first kappa shape index (κ1) is 15.6. The van der Waals surface area contributed by atoms with Gasteiger partial charge in [-0.05, 0) is 6.92 Å². The molecule has 0 saturated heterocycles. The molecule has 0 unspecified atom stereocenters. The summed E-state index contributed by atoms with van der Waals surface area (Å²) in [5.74, 6) is 1.45. The van der Waals surface area contributed by atoms with Gasteiger partial charge in [0.2, 0.25) is 5.91 Å². The molecular formula is C14H21N7O2. The molecule has 1 aliphatic rings. The van der Waals surface area contributed by atoms with Crippen LogP contribution in [0.2, 0.25) is 0 Å². The van der Waals surface area contributed by atoms with Crippen molar-refractivity contribution >= 4 is 5.91 Å². The summed E-state index contributed by atoms with van der Waals surface area (Å²) in [6, 6.07) is -0.516. The van der Waals surface area contributed by atoms with Gasteiger partial charge in [0, 0.05) is 32.0 Å². The number of carbonyl (C=O) groups excluding carboxylic acids is 1. The quantitative estimate of drug-likeness (QED) is 0.776. The predicted molar refractivity (Wildman–Crippen MR) is 81.1 cm³/mol. The van der Waals surface area contributed by atoms with Crippen LogP contribution >= 0.6 is 0 Å². The van der Waals surface area contributed by atoms with Gasteiger partial charge in [-0.3, -0.25) is 4.79 Å². The molecular weight excluding hydrogens is 298 g/mol. The van der Waals surface area contributed by atoms with Gasteiger partial charge in [-0.15, -0.1) is 10.2 Å². The maximum Gasteiger partial charge on any atom is 0.240 e. The average molecular weight is 319 g/mol. The van der Waals surface area contributed by atoms with Crippen LogP contribution in [0.1, 0.15) is 30.3 Å². The van der Waals surface area contributed by atoms with E-state index in [0.29, 0.717) is 26.1 Å². The first-order chi connectivity index (χ1) is 11.1. The first-order valence-corrected chi connectivity index (χ1v) is 7.53. The number of carbonyl (C=O) groups is 1. The lowest BCUT2D eigenvalue weighted by Gasteiger charge is -2.33. The van der Waals surface area contributed by atoms with E-state index in [1.54, 1.807) is 24.5 Å². The number of H-pyrrole nitrogens is 1. The molecule has 1 aliphatic heterocycles. The van der Waals surface area contributed by atoms with E-state index < -0.39 is 6.04 Å². The third-order valence-electron chi connectivity index (χ3n) is 3.99. The van der Waals surface area contributed by atoms with E-state index in [-0.39, 0.29) is 11.9 Å². The Morgan fingerprint density at radius 1 is 1.57 bits per heavy atom. The molecule has 0 aliphatic carbocycles. The van der Waals surface area contributed by atoms with Crippen molar-refractivity contribution in [1.29, 1.82) is 0 Å². The topological polar surface area (TPSA) is 115 Å². The number of rotatable bonds is 5. The van der Waals surface area contributed by atoms with Crippen LogP contribution in [0.15, 0.2) is 12.5 Å². The summed E-state index contributed by atoms with van der Waals surface area (Å²) in [7, 11) is 1.62. The zero-order valence-corrected chi connectivity index (χ0v) is 13.3. The van der Waals surface area contributed by atoms with E-state index in [9.17, 15) is 4.79 Å². The second-order valence-corrected chi connectivity index (χ2v) is 5.79. The molecule has 3 rings (SSSR count). The third kappa shape index (κ3) is 3.10. The Morgan fingerprint density at radius 2 is 2.39 bits per heavy atom. The number of fused-ring (bicyclic) bond motifs is 1. The fraction of sp³-hybridized carbons (Fsp3) is 0.571. The van der Waals surface area contributed by atoms with Crippen LogP contribution in [-0.2, 0) is 29.1 Å². The van der Waals surface area contributed by atoms with Crippen LogP contribution in [-0.4, -0.2) is 55.2 Å². The van der Waals surface area contributed by atoms with Crippen LogP contribution < -0.4 is 5.73 Å². The van der Waals surface area contributed by atoms with Gasteiger partial charge in [0.15, 0.2) is 11.6 Å². The molecule has 0 fully saturated rings. The summed E-state index contributed by atoms with van der Waals surface area (Å²) in [6.45, 7) is 3.43. The molecule has 0 spiro atoms. The molecule has 23 heavy (non-hydrogen) atoms. The minimum absolute atomic E-state index is 0.0854. The molecule has 0 aromatic carbocycles. The Morgan fingerprint density at radius 3 is 3.09 bits per heavy atom. The van der Waals surface area contributed by atoms with Gasteiger partial charge < -0.3 is 24.9 Å². The highest BCUT2D eigenvalue weighted by molar-refractivity contribution is 5.82. The standard InChI is InChI=1S/C14H21N7O2/c1-9-5-20(6-12-18-19-13(7-23-2)21(9)12)14(22)11(15)3-10-4-16-8-17-10/h4,8-9,11H,3,5-7,15H2,1-2H3,(H,16,17)/t9-,11-/m0/s1. The highest BCUT2D eigenvalue weighted by Gasteiger charge is 2.31. The second kappa shape index (κ2) is 6.47. The average Bonchev–Trinajstić information content (AvgIpc) is 3.17. The Balaban J connectivity index is 1.71. The Hall–Kier alpha value is -2.26. The monoisotopic (exact) mass is 319 g/mol. The Kier molecular flexibility index (Phi) is 4.39. The Labute approximate surface area is 133 Å². The normalized spacial score (nSPS) is 18.7. The predicted octanol–water partition coefficient (Wildman–Crippen LogP) is -0.379. The van der Waals surface area contributed by atoms with Gasteiger partial charge in [-0.1, -0.05) is 0 Å². The zero-order valence-electron chi connectivity index (χ0n) is 13.3. The molecule has 124 valence electrons. The van der Waals surface area contributed by atoms with Crippen molar-refractivity contribution in [3.05, 3.63) is 29.9 Å². The highest BCUT2D eigenvalue weighted by atomic mass is 16.5. The van der Waals surface area contributed by atoms with Crippen molar-refractivity contribution in [2.75, 3.05) is 13.7 Å². The summed E-state index contributed by atoms with van der Waals surface area (Å²) < 4.78 is 7.17. The number of amides is 1. The fourth-order valence-corrected chi connectivity index (χ4v) is 2.96. The number of imidazole rings is 1. The van der Waals surface area contributed by atoms with E-state index in [4.69, 9.17) is 10.5 Å². The third-order valence-corrected chi connectivity index (χ3v) is 3.99. The van der Waals surface area contributed by atoms with Crippen molar-refractivity contribution in [3.63, 3.8) is 0 Å². The van der Waals surface area contributed by atoms with Crippen LogP contribution in [0.5, 0.6) is 0 Å². The van der Waals surface area contributed by atoms with Crippen LogP contribution in [0.25, 0.3) is 0 Å². The van der Waals surface area contributed by atoms with Crippen molar-refractivity contribution in [1.82, 2.24) is 29.6 Å². The first-order valence-electron chi connectivity index (χ1n) is 7.53. The minimum Gasteiger partial charge on any atom is -0.377 e. The molecule has 3 heterocycles. The van der Waals surface area contributed by atoms with Gasteiger partial charge in [0.05, 0.1) is 25.0 Å². The molecule has 2 aromatic rings. The fourth-order valence-electron chi connectivity index (χ4n) is 2.96. The number of hydrogen-bond donors (Lipinski definition) is 2. The zero-order chi connectivity index (χ0) is 16.4. The Bertz CT molecular complexity index is 667. The van der Waals surface area contributed by atoms with Crippen molar-refractivity contribution in [3.8, 4) is 0 Å². The summed E-state index contributed by atoms with van der Waals surface area (Å²) in [5.41, 5.74) is 6.90. The molecule has 0 bridgehead atoms. The van der Waals surface area contributed by atoms with E-state index in [0.717, 1.165) is 17.3 Å². The summed E-state index contributed by atoms with van der Waals surface area (Å²) >= 11 is 0. The lowest BCUT2D eigenvalue weighted by molar-refractivity contribution is -0.134. The molecule has 9 nitrogen and oxygen atoms in total. The highest BCUT2D eigenvalue weighted by Crippen LogP contribution is 2.22. The molecule has 0 radical (unpaired) electrons. The molecule has 1 amide bonds. The van der Waals surface area contributed by atoms with Crippen molar-refractivity contribution < 1.29 is 9.53 Å². The largest absolute Gasteiger partial charge is 0.377 e. The molecule has 9 heteroatoms. The van der Waals surface area contributed by atoms with Crippen LogP contribution in [0.3, 0.4) is 0 Å². The number of hydrogen-bond acceptors (Lipinski definition) is 6.